The first-order valence-corrected chi connectivity index (χ1v) is 7.35. The normalized spacial score (nSPS) is 17.2. The van der Waals surface area contributed by atoms with Crippen molar-refractivity contribution in [3.05, 3.63) is 12.7 Å². The summed E-state index contributed by atoms with van der Waals surface area (Å²) in [4.78, 5) is 24.9. The van der Waals surface area contributed by atoms with E-state index in [1.807, 2.05) is 6.08 Å². The third-order valence-electron chi connectivity index (χ3n) is 3.92. The first-order chi connectivity index (χ1) is 9.49. The molecule has 0 heterocycles. The van der Waals surface area contributed by atoms with Crippen LogP contribution in [0.3, 0.4) is 0 Å². The van der Waals surface area contributed by atoms with Crippen LogP contribution in [0, 0.1) is 0 Å². The van der Waals surface area contributed by atoms with E-state index in [0.717, 1.165) is 44.9 Å². The van der Waals surface area contributed by atoms with Crippen LogP contribution in [0.2, 0.25) is 0 Å². The quantitative estimate of drug-likeness (QED) is 0.557. The number of allylic oxidation sites excluding steroid dienone is 1. The predicted molar refractivity (Wildman–Crippen MR) is 78.7 cm³/mol. The number of carboxylic acids is 1. The molecule has 1 aliphatic carbocycles. The maximum Gasteiger partial charge on any atom is 0.317 e. The van der Waals surface area contributed by atoms with Crippen molar-refractivity contribution in [3.63, 3.8) is 0 Å². The zero-order valence-corrected chi connectivity index (χ0v) is 12.4. The lowest BCUT2D eigenvalue weighted by molar-refractivity contribution is -0.139. The van der Waals surface area contributed by atoms with E-state index in [9.17, 15) is 9.59 Å². The minimum atomic E-state index is -0.846. The monoisotopic (exact) mass is 282 g/mol. The molecule has 1 aliphatic rings. The van der Waals surface area contributed by atoms with E-state index in [0.29, 0.717) is 6.54 Å². The Hall–Kier alpha value is -1.52. The van der Waals surface area contributed by atoms with Gasteiger partial charge in [0.1, 0.15) is 0 Å². The van der Waals surface area contributed by atoms with Gasteiger partial charge in [-0.3, -0.25) is 4.79 Å². The third kappa shape index (κ3) is 5.23. The molecule has 20 heavy (non-hydrogen) atoms. The van der Waals surface area contributed by atoms with E-state index < -0.39 is 11.5 Å². The van der Waals surface area contributed by atoms with Crippen LogP contribution < -0.4 is 5.32 Å². The molecule has 5 heteroatoms. The highest BCUT2D eigenvalue weighted by Gasteiger charge is 2.36. The summed E-state index contributed by atoms with van der Waals surface area (Å²) in [7, 11) is 1.75. The number of hydrogen-bond donors (Lipinski definition) is 2. The summed E-state index contributed by atoms with van der Waals surface area (Å²) < 4.78 is 0. The van der Waals surface area contributed by atoms with Crippen LogP contribution in [-0.4, -0.2) is 41.1 Å². The summed E-state index contributed by atoms with van der Waals surface area (Å²) in [5, 5.41) is 12.1. The van der Waals surface area contributed by atoms with Crippen molar-refractivity contribution in [2.45, 2.75) is 56.9 Å². The average molecular weight is 282 g/mol. The zero-order valence-electron chi connectivity index (χ0n) is 12.4. The Bertz CT molecular complexity index is 349. The summed E-state index contributed by atoms with van der Waals surface area (Å²) in [6.07, 6.45) is 8.18. The van der Waals surface area contributed by atoms with Crippen LogP contribution in [0.4, 0.5) is 4.79 Å². The molecule has 0 aromatic heterocycles. The predicted octanol–water partition coefficient (Wildman–Crippen LogP) is 2.77. The molecule has 0 saturated heterocycles. The summed E-state index contributed by atoms with van der Waals surface area (Å²) in [6, 6.07) is -0.169. The lowest BCUT2D eigenvalue weighted by atomic mass is 9.79. The Labute approximate surface area is 121 Å². The van der Waals surface area contributed by atoms with E-state index >= 15 is 0 Å². The van der Waals surface area contributed by atoms with Crippen molar-refractivity contribution in [1.29, 1.82) is 0 Å². The molecular weight excluding hydrogens is 256 g/mol. The Kier molecular flexibility index (Phi) is 6.55. The fraction of sp³-hybridized carbons (Fsp3) is 0.733. The second-order valence-corrected chi connectivity index (χ2v) is 5.69. The first-order valence-electron chi connectivity index (χ1n) is 7.35. The second kappa shape index (κ2) is 7.92. The fourth-order valence-electron chi connectivity index (χ4n) is 2.76. The highest BCUT2D eigenvalue weighted by molar-refractivity contribution is 5.76. The maximum absolute atomic E-state index is 12.2. The number of nitrogens with one attached hydrogen (secondary N) is 1. The van der Waals surface area contributed by atoms with E-state index in [2.05, 4.69) is 11.9 Å². The van der Waals surface area contributed by atoms with E-state index in [4.69, 9.17) is 5.11 Å². The fourth-order valence-corrected chi connectivity index (χ4v) is 2.76. The molecule has 0 spiro atoms. The van der Waals surface area contributed by atoms with Gasteiger partial charge >= 0.3 is 12.0 Å². The molecule has 1 saturated carbocycles. The highest BCUT2D eigenvalue weighted by Crippen LogP contribution is 2.31. The van der Waals surface area contributed by atoms with Crippen LogP contribution in [0.25, 0.3) is 0 Å². The van der Waals surface area contributed by atoms with Gasteiger partial charge in [-0.15, -0.1) is 6.58 Å². The Morgan fingerprint density at radius 2 is 2.00 bits per heavy atom. The molecule has 0 aromatic rings. The van der Waals surface area contributed by atoms with Gasteiger partial charge in [-0.1, -0.05) is 25.3 Å². The summed E-state index contributed by atoms with van der Waals surface area (Å²) >= 11 is 0. The van der Waals surface area contributed by atoms with Crippen molar-refractivity contribution >= 4 is 12.0 Å². The van der Waals surface area contributed by atoms with Gasteiger partial charge in [-0.2, -0.15) is 0 Å². The minimum absolute atomic E-state index is 0.0131. The highest BCUT2D eigenvalue weighted by atomic mass is 16.4. The lowest BCUT2D eigenvalue weighted by Gasteiger charge is -2.38. The van der Waals surface area contributed by atoms with Crippen LogP contribution in [0.5, 0.6) is 0 Å². The molecule has 0 unspecified atom stereocenters. The standard InChI is InChI=1S/C15H26N2O3/c1-3-4-8-11-17(2)14(20)16-15(12-13(18)19)9-6-5-7-10-15/h3H,1,4-12H2,2H3,(H,16,20)(H,18,19). The molecule has 114 valence electrons. The van der Waals surface area contributed by atoms with Gasteiger partial charge in [-0.05, 0) is 25.7 Å². The van der Waals surface area contributed by atoms with Gasteiger partial charge < -0.3 is 15.3 Å². The number of rotatable bonds is 7. The molecule has 0 atom stereocenters. The van der Waals surface area contributed by atoms with E-state index in [1.165, 1.54) is 0 Å². The van der Waals surface area contributed by atoms with Crippen LogP contribution >= 0.6 is 0 Å². The van der Waals surface area contributed by atoms with Crippen LogP contribution in [-0.2, 0) is 4.79 Å². The molecule has 0 bridgehead atoms. The molecule has 2 N–H and O–H groups in total. The van der Waals surface area contributed by atoms with Gasteiger partial charge in [0.2, 0.25) is 0 Å². The molecule has 0 aromatic carbocycles. The van der Waals surface area contributed by atoms with Gasteiger partial charge in [0.15, 0.2) is 0 Å². The number of urea groups is 1. The number of carbonyl (C=O) groups excluding carboxylic acids is 1. The minimum Gasteiger partial charge on any atom is -0.481 e. The topological polar surface area (TPSA) is 69.6 Å². The maximum atomic E-state index is 12.2. The molecule has 2 amide bonds. The Morgan fingerprint density at radius 3 is 2.55 bits per heavy atom. The van der Waals surface area contributed by atoms with Crippen LogP contribution in [0.15, 0.2) is 12.7 Å². The van der Waals surface area contributed by atoms with Crippen molar-refractivity contribution in [2.24, 2.45) is 0 Å². The van der Waals surface area contributed by atoms with Crippen molar-refractivity contribution in [2.75, 3.05) is 13.6 Å². The van der Waals surface area contributed by atoms with Crippen molar-refractivity contribution in [1.82, 2.24) is 10.2 Å². The molecule has 1 rings (SSSR count). The number of hydrogen-bond acceptors (Lipinski definition) is 2. The zero-order chi connectivity index (χ0) is 15.0. The third-order valence-corrected chi connectivity index (χ3v) is 3.92. The number of unbranched alkanes of at least 4 members (excludes halogenated alkanes) is 1. The Balaban J connectivity index is 2.57. The SMILES string of the molecule is C=CCCCN(C)C(=O)NC1(CC(=O)O)CCCCC1. The molecular formula is C15H26N2O3. The summed E-state index contributed by atoms with van der Waals surface area (Å²) in [6.45, 7) is 4.31. The number of carboxylic acid groups (broad SMARTS) is 1. The van der Waals surface area contributed by atoms with Crippen molar-refractivity contribution in [3.8, 4) is 0 Å². The number of amides is 2. The average Bonchev–Trinajstić information content (AvgIpc) is 2.38. The van der Waals surface area contributed by atoms with Gasteiger partial charge in [0, 0.05) is 13.6 Å². The number of aliphatic carboxylic acids is 1. The smallest absolute Gasteiger partial charge is 0.317 e. The lowest BCUT2D eigenvalue weighted by Crippen LogP contribution is -2.54. The number of nitrogens with zero attached hydrogens (tertiary/aromatic N) is 1. The summed E-state index contributed by atoms with van der Waals surface area (Å²) in [5.74, 6) is -0.846. The second-order valence-electron chi connectivity index (χ2n) is 5.69. The van der Waals surface area contributed by atoms with Crippen molar-refractivity contribution < 1.29 is 14.7 Å². The molecule has 5 nitrogen and oxygen atoms in total. The Morgan fingerprint density at radius 1 is 1.35 bits per heavy atom. The first kappa shape index (κ1) is 16.5. The van der Waals surface area contributed by atoms with Gasteiger partial charge in [0.05, 0.1) is 12.0 Å². The molecule has 1 fully saturated rings. The number of carbonyl (C=O) groups is 2. The van der Waals surface area contributed by atoms with Gasteiger partial charge in [-0.25, -0.2) is 4.79 Å². The van der Waals surface area contributed by atoms with Crippen LogP contribution in [0.1, 0.15) is 51.4 Å². The largest absolute Gasteiger partial charge is 0.481 e. The molecule has 0 aliphatic heterocycles. The van der Waals surface area contributed by atoms with E-state index in [1.54, 1.807) is 11.9 Å². The molecule has 0 radical (unpaired) electrons. The van der Waals surface area contributed by atoms with E-state index in [-0.39, 0.29) is 12.5 Å². The summed E-state index contributed by atoms with van der Waals surface area (Å²) in [5.41, 5.74) is -0.562. The van der Waals surface area contributed by atoms with Gasteiger partial charge in [0.25, 0.3) is 0 Å².